The first-order valence-corrected chi connectivity index (χ1v) is 11.6. The van der Waals surface area contributed by atoms with Crippen molar-refractivity contribution in [1.82, 2.24) is 14.8 Å². The lowest BCUT2D eigenvalue weighted by atomic mass is 9.94. The first kappa shape index (κ1) is 26.4. The lowest BCUT2D eigenvalue weighted by Gasteiger charge is -2.18. The van der Waals surface area contributed by atoms with Crippen molar-refractivity contribution in [2.24, 2.45) is 4.99 Å². The highest BCUT2D eigenvalue weighted by molar-refractivity contribution is 6.16. The average Bonchev–Trinajstić information content (AvgIpc) is 3.22. The van der Waals surface area contributed by atoms with E-state index in [0.717, 1.165) is 23.8 Å². The van der Waals surface area contributed by atoms with Gasteiger partial charge in [-0.3, -0.25) is 9.56 Å². The maximum Gasteiger partial charge on any atom is 0.417 e. The minimum Gasteiger partial charge on any atom is -0.497 e. The topological polar surface area (TPSA) is 61.5 Å². The van der Waals surface area contributed by atoms with Gasteiger partial charge in [0.05, 0.1) is 36.2 Å². The Labute approximate surface area is 218 Å². The number of nitrogens with zero attached hydrogens (tertiary/aromatic N) is 4. The molecule has 0 atom stereocenters. The second-order valence-electron chi connectivity index (χ2n) is 8.65. The van der Waals surface area contributed by atoms with Crippen LogP contribution in [0.4, 0.5) is 26.3 Å². The number of fused-ring (bicyclic) bond motifs is 3. The van der Waals surface area contributed by atoms with Crippen LogP contribution in [0.15, 0.2) is 71.7 Å². The highest BCUT2D eigenvalue weighted by Crippen LogP contribution is 2.37. The van der Waals surface area contributed by atoms with Crippen LogP contribution >= 0.6 is 0 Å². The van der Waals surface area contributed by atoms with Crippen molar-refractivity contribution in [2.75, 3.05) is 7.11 Å². The largest absolute Gasteiger partial charge is 0.497 e. The molecule has 0 amide bonds. The molecule has 0 saturated carbocycles. The number of ether oxygens (including phenoxy) is 2. The summed E-state index contributed by atoms with van der Waals surface area (Å²) in [7, 11) is 1.55. The van der Waals surface area contributed by atoms with Gasteiger partial charge in [-0.2, -0.15) is 26.3 Å². The molecule has 0 spiro atoms. The summed E-state index contributed by atoms with van der Waals surface area (Å²) in [5.41, 5.74) is -1.70. The highest BCUT2D eigenvalue weighted by atomic mass is 19.4. The first-order valence-electron chi connectivity index (χ1n) is 11.6. The molecule has 5 rings (SSSR count). The third-order valence-electron chi connectivity index (χ3n) is 6.14. The van der Waals surface area contributed by atoms with Crippen LogP contribution in [0, 0.1) is 0 Å². The second kappa shape index (κ2) is 10.2. The molecule has 2 heterocycles. The molecule has 0 aliphatic carbocycles. The van der Waals surface area contributed by atoms with Crippen molar-refractivity contribution in [3.8, 4) is 11.4 Å². The van der Waals surface area contributed by atoms with Gasteiger partial charge < -0.3 is 9.47 Å². The Hall–Kier alpha value is -4.19. The van der Waals surface area contributed by atoms with Crippen LogP contribution in [0.3, 0.4) is 0 Å². The van der Waals surface area contributed by atoms with Crippen LogP contribution in [-0.2, 0) is 36.8 Å². The summed E-state index contributed by atoms with van der Waals surface area (Å²) in [6.45, 7) is -0.0657. The van der Waals surface area contributed by atoms with Gasteiger partial charge in [-0.25, -0.2) is 0 Å². The molecule has 6 nitrogen and oxygen atoms in total. The number of halogens is 6. The Bertz CT molecular complexity index is 1520. The number of aliphatic imine (C=N–C) groups is 1. The van der Waals surface area contributed by atoms with E-state index >= 15 is 0 Å². The lowest BCUT2D eigenvalue weighted by Crippen LogP contribution is -2.17. The standard InChI is InChI=1S/C27H20F6N4O2/c1-38-18-9-6-16(7-10-18)14-39-15-24-36-35-23-13-34-25(19-4-2-3-5-21(19)27(31,32)33)20-12-17(26(28,29)30)8-11-22(20)37(23)24/h2-12H,13-15H2,1H3. The predicted molar refractivity (Wildman–Crippen MR) is 129 cm³/mol. The fourth-order valence-corrected chi connectivity index (χ4v) is 4.31. The monoisotopic (exact) mass is 546 g/mol. The predicted octanol–water partition coefficient (Wildman–Crippen LogP) is 6.38. The molecular formula is C27H20F6N4O2. The van der Waals surface area contributed by atoms with Crippen molar-refractivity contribution in [3.63, 3.8) is 0 Å². The zero-order valence-corrected chi connectivity index (χ0v) is 20.3. The molecule has 0 radical (unpaired) electrons. The van der Waals surface area contributed by atoms with E-state index in [1.54, 1.807) is 19.2 Å². The number of methoxy groups -OCH3 is 1. The maximum absolute atomic E-state index is 13.9. The molecular weight excluding hydrogens is 526 g/mol. The van der Waals surface area contributed by atoms with Gasteiger partial charge in [0.1, 0.15) is 18.9 Å². The van der Waals surface area contributed by atoms with Gasteiger partial charge >= 0.3 is 12.4 Å². The van der Waals surface area contributed by atoms with E-state index in [4.69, 9.17) is 9.47 Å². The highest BCUT2D eigenvalue weighted by Gasteiger charge is 2.37. The average molecular weight is 546 g/mol. The number of rotatable bonds is 6. The van der Waals surface area contributed by atoms with Crippen molar-refractivity contribution in [3.05, 3.63) is 106 Å². The van der Waals surface area contributed by atoms with Crippen LogP contribution in [0.2, 0.25) is 0 Å². The Morgan fingerprint density at radius 1 is 0.821 bits per heavy atom. The van der Waals surface area contributed by atoms with Gasteiger partial charge in [0, 0.05) is 11.1 Å². The van der Waals surface area contributed by atoms with Gasteiger partial charge in [-0.1, -0.05) is 30.3 Å². The van der Waals surface area contributed by atoms with E-state index in [2.05, 4.69) is 15.2 Å². The third kappa shape index (κ3) is 5.37. The Morgan fingerprint density at radius 3 is 2.26 bits per heavy atom. The molecule has 1 aromatic heterocycles. The molecule has 12 heteroatoms. The third-order valence-corrected chi connectivity index (χ3v) is 6.14. The molecule has 39 heavy (non-hydrogen) atoms. The quantitative estimate of drug-likeness (QED) is 0.263. The van der Waals surface area contributed by atoms with E-state index in [9.17, 15) is 26.3 Å². The summed E-state index contributed by atoms with van der Waals surface area (Å²) < 4.78 is 95.0. The normalized spacial score (nSPS) is 13.4. The fourth-order valence-electron chi connectivity index (χ4n) is 4.31. The van der Waals surface area contributed by atoms with Crippen LogP contribution in [0.5, 0.6) is 5.75 Å². The number of alkyl halides is 6. The lowest BCUT2D eigenvalue weighted by molar-refractivity contribution is -0.138. The van der Waals surface area contributed by atoms with E-state index in [0.29, 0.717) is 5.75 Å². The molecule has 202 valence electrons. The molecule has 0 N–H and O–H groups in total. The zero-order chi connectivity index (χ0) is 27.8. The number of benzene rings is 3. The van der Waals surface area contributed by atoms with E-state index < -0.39 is 23.5 Å². The van der Waals surface area contributed by atoms with Gasteiger partial charge in [-0.05, 0) is 42.0 Å². The summed E-state index contributed by atoms with van der Waals surface area (Å²) in [6, 6.07) is 14.7. The van der Waals surface area contributed by atoms with Crippen molar-refractivity contribution >= 4 is 5.71 Å². The summed E-state index contributed by atoms with van der Waals surface area (Å²) in [5.74, 6) is 1.19. The smallest absolute Gasteiger partial charge is 0.417 e. The zero-order valence-electron chi connectivity index (χ0n) is 20.3. The SMILES string of the molecule is COc1ccc(COCc2nnc3n2-c2ccc(C(F)(F)F)cc2C(c2ccccc2C(F)(F)F)=NC3)cc1. The Morgan fingerprint density at radius 2 is 1.56 bits per heavy atom. The van der Waals surface area contributed by atoms with Crippen molar-refractivity contribution < 1.29 is 35.8 Å². The van der Waals surface area contributed by atoms with Gasteiger partial charge in [0.15, 0.2) is 11.6 Å². The Balaban J connectivity index is 1.55. The van der Waals surface area contributed by atoms with Gasteiger partial charge in [0.25, 0.3) is 0 Å². The molecule has 0 unspecified atom stereocenters. The summed E-state index contributed by atoms with van der Waals surface area (Å²) in [4.78, 5) is 4.30. The van der Waals surface area contributed by atoms with Crippen LogP contribution < -0.4 is 4.74 Å². The van der Waals surface area contributed by atoms with Crippen molar-refractivity contribution in [2.45, 2.75) is 32.1 Å². The molecule has 0 fully saturated rings. The molecule has 0 saturated heterocycles. The summed E-state index contributed by atoms with van der Waals surface area (Å²) in [5, 5.41) is 8.22. The summed E-state index contributed by atoms with van der Waals surface area (Å²) >= 11 is 0. The molecule has 3 aromatic carbocycles. The summed E-state index contributed by atoms with van der Waals surface area (Å²) in [6.07, 6.45) is -9.47. The Kier molecular flexibility index (Phi) is 6.89. The molecule has 1 aliphatic rings. The minimum atomic E-state index is -4.75. The van der Waals surface area contributed by atoms with E-state index in [1.165, 1.54) is 28.8 Å². The fraction of sp³-hybridized carbons (Fsp3) is 0.222. The minimum absolute atomic E-state index is 0.0615. The van der Waals surface area contributed by atoms with Gasteiger partial charge in [0.2, 0.25) is 0 Å². The van der Waals surface area contributed by atoms with E-state index in [-0.39, 0.29) is 53.9 Å². The molecule has 1 aliphatic heterocycles. The first-order chi connectivity index (χ1) is 18.6. The maximum atomic E-state index is 13.9. The van der Waals surface area contributed by atoms with Crippen LogP contribution in [0.1, 0.15) is 39.5 Å². The number of hydrogen-bond donors (Lipinski definition) is 0. The van der Waals surface area contributed by atoms with E-state index in [1.807, 2.05) is 12.1 Å². The molecule has 0 bridgehead atoms. The van der Waals surface area contributed by atoms with Crippen LogP contribution in [-0.4, -0.2) is 27.6 Å². The van der Waals surface area contributed by atoms with Gasteiger partial charge in [-0.15, -0.1) is 10.2 Å². The van der Waals surface area contributed by atoms with Crippen molar-refractivity contribution in [1.29, 1.82) is 0 Å². The number of hydrogen-bond acceptors (Lipinski definition) is 5. The number of aromatic nitrogens is 3. The van der Waals surface area contributed by atoms with Crippen LogP contribution in [0.25, 0.3) is 5.69 Å². The second-order valence-corrected chi connectivity index (χ2v) is 8.65. The molecule has 4 aromatic rings.